The second-order valence-corrected chi connectivity index (χ2v) is 1.32. The molecule has 1 aliphatic rings. The maximum absolute atomic E-state index is 4.94. The van der Waals surface area contributed by atoms with Gasteiger partial charge in [0.25, 0.3) is 0 Å². The number of rotatable bonds is 0. The standard InChI is InChI=1S/C4H8O.B.Li/c1-2-4-5-3-1;;/h1-4H2;;. The molecule has 1 saturated heterocycles. The zero-order chi connectivity index (χ0) is 3.54. The summed E-state index contributed by atoms with van der Waals surface area (Å²) < 4.78 is 4.94. The van der Waals surface area contributed by atoms with Gasteiger partial charge in [0.15, 0.2) is 0 Å². The van der Waals surface area contributed by atoms with Crippen LogP contribution in [-0.4, -0.2) is 40.5 Å². The van der Waals surface area contributed by atoms with E-state index in [1.54, 1.807) is 0 Å². The molecule has 0 atom stereocenters. The van der Waals surface area contributed by atoms with Crippen molar-refractivity contribution < 1.29 is 4.74 Å². The minimum absolute atomic E-state index is 0. The van der Waals surface area contributed by atoms with Crippen molar-refractivity contribution in [1.29, 1.82) is 0 Å². The molecule has 7 heavy (non-hydrogen) atoms. The summed E-state index contributed by atoms with van der Waals surface area (Å²) >= 11 is 0. The molecule has 0 bridgehead atoms. The van der Waals surface area contributed by atoms with Gasteiger partial charge in [0.1, 0.15) is 0 Å². The Kier molecular flexibility index (Phi) is 10.0. The van der Waals surface area contributed by atoms with Gasteiger partial charge in [-0.05, 0) is 12.8 Å². The second kappa shape index (κ2) is 6.62. The van der Waals surface area contributed by atoms with Crippen molar-refractivity contribution >= 4 is 27.3 Å². The van der Waals surface area contributed by atoms with Crippen molar-refractivity contribution in [3.63, 3.8) is 0 Å². The number of hydrogen-bond donors (Lipinski definition) is 0. The molecule has 1 rings (SSSR count). The van der Waals surface area contributed by atoms with Crippen LogP contribution in [0.2, 0.25) is 0 Å². The molecular formula is C4H8BLiO. The minimum Gasteiger partial charge on any atom is -0.381 e. The third-order valence-electron chi connectivity index (χ3n) is 0.827. The van der Waals surface area contributed by atoms with E-state index >= 15 is 0 Å². The van der Waals surface area contributed by atoms with Crippen molar-refractivity contribution in [2.75, 3.05) is 13.2 Å². The monoisotopic (exact) mass is 90.1 g/mol. The van der Waals surface area contributed by atoms with Crippen LogP contribution in [0.5, 0.6) is 0 Å². The van der Waals surface area contributed by atoms with Crippen molar-refractivity contribution in [2.24, 2.45) is 0 Å². The summed E-state index contributed by atoms with van der Waals surface area (Å²) in [5.74, 6) is 0. The molecule has 0 saturated carbocycles. The molecule has 0 N–H and O–H groups in total. The van der Waals surface area contributed by atoms with Crippen molar-refractivity contribution in [1.82, 2.24) is 0 Å². The molecule has 4 radical (unpaired) electrons. The van der Waals surface area contributed by atoms with E-state index in [4.69, 9.17) is 4.74 Å². The van der Waals surface area contributed by atoms with E-state index in [1.807, 2.05) is 0 Å². The molecule has 0 aliphatic carbocycles. The molecule has 34 valence electrons. The summed E-state index contributed by atoms with van der Waals surface area (Å²) in [6.45, 7) is 2.00. The normalized spacial score (nSPS) is 17.1. The molecule has 3 heteroatoms. The Morgan fingerprint density at radius 3 is 1.57 bits per heavy atom. The molecule has 1 heterocycles. The smallest absolute Gasteiger partial charge is 0.0466 e. The average Bonchev–Trinajstić information content (AvgIpc) is 1.76. The summed E-state index contributed by atoms with van der Waals surface area (Å²) in [4.78, 5) is 0. The average molecular weight is 89.9 g/mol. The summed E-state index contributed by atoms with van der Waals surface area (Å²) in [7, 11) is 0. The van der Waals surface area contributed by atoms with Crippen LogP contribution in [0.1, 0.15) is 12.8 Å². The first-order chi connectivity index (χ1) is 2.50. The van der Waals surface area contributed by atoms with E-state index in [0.29, 0.717) is 0 Å². The third-order valence-corrected chi connectivity index (χ3v) is 0.827. The Bertz CT molecular complexity index is 23.3. The Morgan fingerprint density at radius 1 is 1.00 bits per heavy atom. The number of hydrogen-bond acceptors (Lipinski definition) is 1. The summed E-state index contributed by atoms with van der Waals surface area (Å²) in [5, 5.41) is 0. The second-order valence-electron chi connectivity index (χ2n) is 1.32. The first-order valence-electron chi connectivity index (χ1n) is 2.08. The molecule has 0 aromatic heterocycles. The Morgan fingerprint density at radius 2 is 1.43 bits per heavy atom. The van der Waals surface area contributed by atoms with E-state index in [9.17, 15) is 0 Å². The van der Waals surface area contributed by atoms with Crippen LogP contribution >= 0.6 is 0 Å². The maximum Gasteiger partial charge on any atom is 0.0466 e. The van der Waals surface area contributed by atoms with Gasteiger partial charge >= 0.3 is 0 Å². The molecular weight excluding hydrogens is 81.8 g/mol. The van der Waals surface area contributed by atoms with Gasteiger partial charge < -0.3 is 4.74 Å². The van der Waals surface area contributed by atoms with E-state index in [0.717, 1.165) is 13.2 Å². The maximum atomic E-state index is 4.94. The molecule has 0 aromatic carbocycles. The quantitative estimate of drug-likeness (QED) is 0.381. The van der Waals surface area contributed by atoms with Crippen molar-refractivity contribution in [3.8, 4) is 0 Å². The Balaban J connectivity index is 0. The van der Waals surface area contributed by atoms with Gasteiger partial charge in [0.2, 0.25) is 0 Å². The van der Waals surface area contributed by atoms with Gasteiger partial charge in [-0.3, -0.25) is 0 Å². The number of ether oxygens (including phenoxy) is 1. The molecule has 1 nitrogen and oxygen atoms in total. The minimum atomic E-state index is 0. The van der Waals surface area contributed by atoms with Crippen LogP contribution in [0.25, 0.3) is 0 Å². The van der Waals surface area contributed by atoms with Crippen molar-refractivity contribution in [2.45, 2.75) is 12.8 Å². The molecule has 1 aliphatic heterocycles. The molecule has 0 unspecified atom stereocenters. The summed E-state index contributed by atoms with van der Waals surface area (Å²) in [5.41, 5.74) is 0. The summed E-state index contributed by atoms with van der Waals surface area (Å²) in [6, 6.07) is 0. The predicted octanol–water partition coefficient (Wildman–Crippen LogP) is 0.0352. The van der Waals surface area contributed by atoms with E-state index in [2.05, 4.69) is 0 Å². The van der Waals surface area contributed by atoms with Crippen LogP contribution < -0.4 is 0 Å². The fourth-order valence-electron chi connectivity index (χ4n) is 0.510. The van der Waals surface area contributed by atoms with Crippen LogP contribution in [0.3, 0.4) is 0 Å². The van der Waals surface area contributed by atoms with E-state index in [-0.39, 0.29) is 27.3 Å². The fraction of sp³-hybridized carbons (Fsp3) is 1.00. The first kappa shape index (κ1) is 10.6. The van der Waals surface area contributed by atoms with Crippen molar-refractivity contribution in [3.05, 3.63) is 0 Å². The molecule has 0 amide bonds. The van der Waals surface area contributed by atoms with Gasteiger partial charge in [0.05, 0.1) is 0 Å². The third kappa shape index (κ3) is 4.48. The van der Waals surface area contributed by atoms with Crippen LogP contribution in [0.15, 0.2) is 0 Å². The SMILES string of the molecule is C1CCOC1.[B].[Li]. The first-order valence-corrected chi connectivity index (χ1v) is 2.08. The van der Waals surface area contributed by atoms with Crippen LogP contribution in [-0.2, 0) is 4.74 Å². The summed E-state index contributed by atoms with van der Waals surface area (Å²) in [6.07, 6.45) is 2.56. The van der Waals surface area contributed by atoms with Gasteiger partial charge in [-0.15, -0.1) is 0 Å². The van der Waals surface area contributed by atoms with E-state index < -0.39 is 0 Å². The van der Waals surface area contributed by atoms with Gasteiger partial charge in [-0.25, -0.2) is 0 Å². The zero-order valence-corrected chi connectivity index (χ0v) is 4.81. The molecule has 1 fully saturated rings. The van der Waals surface area contributed by atoms with Gasteiger partial charge in [0, 0.05) is 40.5 Å². The molecule has 0 spiro atoms. The van der Waals surface area contributed by atoms with Crippen LogP contribution in [0.4, 0.5) is 0 Å². The zero-order valence-electron chi connectivity index (χ0n) is 4.81. The van der Waals surface area contributed by atoms with Gasteiger partial charge in [-0.2, -0.15) is 0 Å². The predicted molar refractivity (Wildman–Crippen MR) is 31.6 cm³/mol. The van der Waals surface area contributed by atoms with Crippen LogP contribution in [0, 0.1) is 0 Å². The van der Waals surface area contributed by atoms with Gasteiger partial charge in [-0.1, -0.05) is 0 Å². The molecule has 0 aromatic rings. The Labute approximate surface area is 58.6 Å². The van der Waals surface area contributed by atoms with E-state index in [1.165, 1.54) is 12.8 Å². The topological polar surface area (TPSA) is 9.23 Å². The largest absolute Gasteiger partial charge is 0.381 e. The Hall–Kier alpha value is 0.622. The fourth-order valence-corrected chi connectivity index (χ4v) is 0.510.